The molecule has 0 bridgehead atoms. The van der Waals surface area contributed by atoms with Crippen molar-refractivity contribution in [2.45, 2.75) is 13.8 Å². The fourth-order valence-electron chi connectivity index (χ4n) is 2.05. The number of anilines is 1. The Morgan fingerprint density at radius 3 is 2.90 bits per heavy atom. The topological polar surface area (TPSA) is 54.0 Å². The predicted octanol–water partition coefficient (Wildman–Crippen LogP) is 2.65. The summed E-state index contributed by atoms with van der Waals surface area (Å²) in [6.07, 6.45) is 3.24. The van der Waals surface area contributed by atoms with Gasteiger partial charge in [0.25, 0.3) is 0 Å². The molecule has 1 aromatic carbocycles. The van der Waals surface area contributed by atoms with Gasteiger partial charge >= 0.3 is 0 Å². The molecule has 2 rings (SSSR count). The molecule has 2 N–H and O–H groups in total. The third-order valence-electron chi connectivity index (χ3n) is 2.90. The summed E-state index contributed by atoms with van der Waals surface area (Å²) in [5, 5.41) is 7.26. The smallest absolute Gasteiger partial charge is 0.243 e. The quantitative estimate of drug-likeness (QED) is 0.648. The second-order valence-electron chi connectivity index (χ2n) is 4.55. The molecule has 0 atom stereocenters. The van der Waals surface area contributed by atoms with E-state index in [0.717, 1.165) is 22.3 Å². The van der Waals surface area contributed by atoms with Crippen LogP contribution in [-0.2, 0) is 4.79 Å². The molecule has 1 heterocycles. The standard InChI is InChI=1S/C16H19N3O/c1-3-6-16(20)18-10-9-17-15-11-12(2)19-14-8-5-4-7-13(14)15/h3-8,11H,9-10H2,1-2H3,(H,17,19)(H,18,20)/b6-3+. The van der Waals surface area contributed by atoms with Crippen LogP contribution in [0.4, 0.5) is 5.69 Å². The van der Waals surface area contributed by atoms with Gasteiger partial charge < -0.3 is 10.6 Å². The second kappa shape index (κ2) is 6.70. The Kier molecular flexibility index (Phi) is 4.71. The number of aromatic nitrogens is 1. The van der Waals surface area contributed by atoms with E-state index in [1.165, 1.54) is 6.08 Å². The van der Waals surface area contributed by atoms with Crippen LogP contribution in [0.5, 0.6) is 0 Å². The second-order valence-corrected chi connectivity index (χ2v) is 4.55. The summed E-state index contributed by atoms with van der Waals surface area (Å²) >= 11 is 0. The maximum atomic E-state index is 11.3. The van der Waals surface area contributed by atoms with Crippen molar-refractivity contribution >= 4 is 22.5 Å². The van der Waals surface area contributed by atoms with Crippen LogP contribution in [0.25, 0.3) is 10.9 Å². The van der Waals surface area contributed by atoms with Gasteiger partial charge in [0.1, 0.15) is 0 Å². The van der Waals surface area contributed by atoms with Gasteiger partial charge in [0.2, 0.25) is 5.91 Å². The van der Waals surface area contributed by atoms with Crippen LogP contribution in [-0.4, -0.2) is 24.0 Å². The molecule has 2 aromatic rings. The summed E-state index contributed by atoms with van der Waals surface area (Å²) in [4.78, 5) is 15.8. The maximum Gasteiger partial charge on any atom is 0.243 e. The van der Waals surface area contributed by atoms with Crippen LogP contribution in [0, 0.1) is 6.92 Å². The molecule has 0 unspecified atom stereocenters. The Bertz CT molecular complexity index is 635. The SMILES string of the molecule is C/C=C/C(=O)NCCNc1cc(C)nc2ccccc12. The van der Waals surface area contributed by atoms with Gasteiger partial charge in [0.15, 0.2) is 0 Å². The molecule has 20 heavy (non-hydrogen) atoms. The molecule has 0 aliphatic heterocycles. The molecular formula is C16H19N3O. The molecular weight excluding hydrogens is 250 g/mol. The van der Waals surface area contributed by atoms with Crippen molar-refractivity contribution in [1.29, 1.82) is 0 Å². The number of para-hydroxylation sites is 1. The van der Waals surface area contributed by atoms with E-state index < -0.39 is 0 Å². The van der Waals surface area contributed by atoms with Crippen molar-refractivity contribution in [2.24, 2.45) is 0 Å². The van der Waals surface area contributed by atoms with Crippen molar-refractivity contribution in [2.75, 3.05) is 18.4 Å². The van der Waals surface area contributed by atoms with Crippen LogP contribution in [0.15, 0.2) is 42.5 Å². The van der Waals surface area contributed by atoms with E-state index in [2.05, 4.69) is 15.6 Å². The lowest BCUT2D eigenvalue weighted by Crippen LogP contribution is -2.27. The van der Waals surface area contributed by atoms with E-state index in [4.69, 9.17) is 0 Å². The summed E-state index contributed by atoms with van der Waals surface area (Å²) in [6, 6.07) is 10.0. The van der Waals surface area contributed by atoms with E-state index >= 15 is 0 Å². The number of aryl methyl sites for hydroxylation is 1. The number of fused-ring (bicyclic) bond motifs is 1. The lowest BCUT2D eigenvalue weighted by Gasteiger charge is -2.11. The van der Waals surface area contributed by atoms with Gasteiger partial charge in [0.05, 0.1) is 5.52 Å². The molecule has 0 aliphatic rings. The zero-order valence-electron chi connectivity index (χ0n) is 11.8. The zero-order valence-corrected chi connectivity index (χ0v) is 11.8. The summed E-state index contributed by atoms with van der Waals surface area (Å²) < 4.78 is 0. The maximum absolute atomic E-state index is 11.3. The average molecular weight is 269 g/mol. The fourth-order valence-corrected chi connectivity index (χ4v) is 2.05. The first-order valence-electron chi connectivity index (χ1n) is 6.71. The number of pyridine rings is 1. The van der Waals surface area contributed by atoms with E-state index in [-0.39, 0.29) is 5.91 Å². The highest BCUT2D eigenvalue weighted by molar-refractivity contribution is 5.91. The van der Waals surface area contributed by atoms with Crippen molar-refractivity contribution in [3.05, 3.63) is 48.2 Å². The number of carbonyl (C=O) groups is 1. The molecule has 4 nitrogen and oxygen atoms in total. The number of benzene rings is 1. The minimum Gasteiger partial charge on any atom is -0.383 e. The number of carbonyl (C=O) groups excluding carboxylic acids is 1. The highest BCUT2D eigenvalue weighted by Gasteiger charge is 2.02. The summed E-state index contributed by atoms with van der Waals surface area (Å²) in [6.45, 7) is 5.06. The third-order valence-corrected chi connectivity index (χ3v) is 2.90. The normalized spacial score (nSPS) is 10.9. The zero-order chi connectivity index (χ0) is 14.4. The van der Waals surface area contributed by atoms with Gasteiger partial charge in [-0.05, 0) is 32.1 Å². The van der Waals surface area contributed by atoms with Gasteiger partial charge in [-0.25, -0.2) is 0 Å². The van der Waals surface area contributed by atoms with Gasteiger partial charge in [0, 0.05) is 29.9 Å². The third kappa shape index (κ3) is 3.57. The highest BCUT2D eigenvalue weighted by atomic mass is 16.1. The number of hydrogen-bond acceptors (Lipinski definition) is 3. The Labute approximate surface area is 118 Å². The molecule has 0 radical (unpaired) electrons. The number of rotatable bonds is 5. The number of nitrogens with one attached hydrogen (secondary N) is 2. The first kappa shape index (κ1) is 14.1. The number of nitrogens with zero attached hydrogens (tertiary/aromatic N) is 1. The number of amides is 1. The molecule has 0 fully saturated rings. The van der Waals surface area contributed by atoms with Gasteiger partial charge in [-0.2, -0.15) is 0 Å². The Balaban J connectivity index is 2.01. The first-order valence-corrected chi connectivity index (χ1v) is 6.71. The molecule has 0 spiro atoms. The molecule has 104 valence electrons. The van der Waals surface area contributed by atoms with Crippen LogP contribution in [0.3, 0.4) is 0 Å². The van der Waals surface area contributed by atoms with Crippen molar-refractivity contribution in [1.82, 2.24) is 10.3 Å². The Morgan fingerprint density at radius 2 is 2.10 bits per heavy atom. The monoisotopic (exact) mass is 269 g/mol. The average Bonchev–Trinajstić information content (AvgIpc) is 2.43. The van der Waals surface area contributed by atoms with E-state index in [1.54, 1.807) is 6.08 Å². The van der Waals surface area contributed by atoms with Gasteiger partial charge in [-0.3, -0.25) is 9.78 Å². The van der Waals surface area contributed by atoms with Crippen molar-refractivity contribution in [3.63, 3.8) is 0 Å². The first-order chi connectivity index (χ1) is 9.70. The largest absolute Gasteiger partial charge is 0.383 e. The van der Waals surface area contributed by atoms with Crippen molar-refractivity contribution in [3.8, 4) is 0 Å². The number of allylic oxidation sites excluding steroid dienone is 1. The summed E-state index contributed by atoms with van der Waals surface area (Å²) in [5.41, 5.74) is 3.01. The van der Waals surface area contributed by atoms with Crippen LogP contribution in [0.2, 0.25) is 0 Å². The Hall–Kier alpha value is -2.36. The van der Waals surface area contributed by atoms with Crippen molar-refractivity contribution < 1.29 is 4.79 Å². The fraction of sp³-hybridized carbons (Fsp3) is 0.250. The van der Waals surface area contributed by atoms with E-state index in [1.807, 2.05) is 44.2 Å². The lowest BCUT2D eigenvalue weighted by atomic mass is 10.1. The summed E-state index contributed by atoms with van der Waals surface area (Å²) in [5.74, 6) is -0.0648. The molecule has 1 amide bonds. The molecule has 0 saturated carbocycles. The van der Waals surface area contributed by atoms with Gasteiger partial charge in [-0.15, -0.1) is 0 Å². The molecule has 4 heteroatoms. The van der Waals surface area contributed by atoms with Crippen LogP contribution in [0.1, 0.15) is 12.6 Å². The molecule has 0 aliphatic carbocycles. The lowest BCUT2D eigenvalue weighted by molar-refractivity contribution is -0.116. The van der Waals surface area contributed by atoms with E-state index in [9.17, 15) is 4.79 Å². The van der Waals surface area contributed by atoms with Gasteiger partial charge in [-0.1, -0.05) is 24.3 Å². The minimum absolute atomic E-state index is 0.0648. The van der Waals surface area contributed by atoms with Crippen LogP contribution < -0.4 is 10.6 Å². The predicted molar refractivity (Wildman–Crippen MR) is 82.8 cm³/mol. The highest BCUT2D eigenvalue weighted by Crippen LogP contribution is 2.22. The molecule has 0 saturated heterocycles. The minimum atomic E-state index is -0.0648. The summed E-state index contributed by atoms with van der Waals surface area (Å²) in [7, 11) is 0. The Morgan fingerprint density at radius 1 is 1.30 bits per heavy atom. The van der Waals surface area contributed by atoms with E-state index in [0.29, 0.717) is 13.1 Å². The molecule has 1 aromatic heterocycles. The van der Waals surface area contributed by atoms with Crippen LogP contribution >= 0.6 is 0 Å². The number of hydrogen-bond donors (Lipinski definition) is 2.